The average Bonchev–Trinajstić information content (AvgIpc) is 2.99. The summed E-state index contributed by atoms with van der Waals surface area (Å²) in [6.07, 6.45) is 1.45. The third-order valence-electron chi connectivity index (χ3n) is 3.18. The zero-order valence-electron chi connectivity index (χ0n) is 11.4. The molecule has 1 aromatic heterocycles. The lowest BCUT2D eigenvalue weighted by molar-refractivity contribution is -0.121. The van der Waals surface area contributed by atoms with Crippen LogP contribution in [-0.4, -0.2) is 31.8 Å². The van der Waals surface area contributed by atoms with Crippen LogP contribution in [0.4, 0.5) is 14.5 Å². The summed E-state index contributed by atoms with van der Waals surface area (Å²) in [5.74, 6) is -3.09. The normalized spacial score (nSPS) is 18.3. The fraction of sp³-hybridized carbons (Fsp3) is 0.231. The molecule has 3 rings (SSSR count). The number of benzene rings is 1. The Kier molecular flexibility index (Phi) is 3.65. The van der Waals surface area contributed by atoms with Crippen molar-refractivity contribution in [3.63, 3.8) is 0 Å². The number of carbonyl (C=O) groups excluding carboxylic acids is 2. The Bertz CT molecular complexity index is 764. The lowest BCUT2D eigenvalue weighted by Crippen LogP contribution is -2.31. The minimum absolute atomic E-state index is 0.0231. The smallest absolute Gasteiger partial charge is 0.247 e. The summed E-state index contributed by atoms with van der Waals surface area (Å²) in [5.41, 5.74) is 0.0231. The molecule has 1 saturated heterocycles. The average molecular weight is 324 g/mol. The molecule has 22 heavy (non-hydrogen) atoms. The van der Waals surface area contributed by atoms with Gasteiger partial charge in [0, 0.05) is 19.5 Å². The highest BCUT2D eigenvalue weighted by Crippen LogP contribution is 2.33. The van der Waals surface area contributed by atoms with Gasteiger partial charge in [-0.15, -0.1) is 10.2 Å². The second kappa shape index (κ2) is 5.48. The summed E-state index contributed by atoms with van der Waals surface area (Å²) in [7, 11) is 1.72. The zero-order valence-corrected chi connectivity index (χ0v) is 12.2. The molecule has 1 atom stereocenters. The fourth-order valence-corrected chi connectivity index (χ4v) is 3.09. The van der Waals surface area contributed by atoms with Crippen LogP contribution in [0.15, 0.2) is 29.7 Å². The zero-order chi connectivity index (χ0) is 15.9. The summed E-state index contributed by atoms with van der Waals surface area (Å²) >= 11 is 1.11. The molecular weight excluding hydrogens is 314 g/mol. The molecule has 2 heterocycles. The molecule has 0 aliphatic carbocycles. The van der Waals surface area contributed by atoms with Gasteiger partial charge in [-0.25, -0.2) is 13.7 Å². The molecule has 2 aromatic rings. The Morgan fingerprint density at radius 1 is 1.27 bits per heavy atom. The van der Waals surface area contributed by atoms with Crippen LogP contribution in [0.2, 0.25) is 0 Å². The number of hydrogen-bond acceptors (Lipinski definition) is 5. The van der Waals surface area contributed by atoms with Crippen LogP contribution < -0.4 is 4.90 Å². The molecule has 1 fully saturated rings. The number of amides is 2. The highest BCUT2D eigenvalue weighted by atomic mass is 32.2. The molecule has 2 amide bonds. The van der Waals surface area contributed by atoms with Gasteiger partial charge in [0.1, 0.15) is 11.6 Å². The summed E-state index contributed by atoms with van der Waals surface area (Å²) in [5, 5.41) is 7.38. The van der Waals surface area contributed by atoms with Crippen molar-refractivity contribution in [3.8, 4) is 0 Å². The Labute approximate surface area is 128 Å². The van der Waals surface area contributed by atoms with E-state index in [-0.39, 0.29) is 12.1 Å². The van der Waals surface area contributed by atoms with E-state index in [2.05, 4.69) is 10.2 Å². The predicted molar refractivity (Wildman–Crippen MR) is 74.1 cm³/mol. The van der Waals surface area contributed by atoms with Crippen LogP contribution in [0.1, 0.15) is 6.42 Å². The standard InChI is InChI=1S/C13H10F2N4O2S/c1-18-6-16-17-13(18)22-10-5-11(20)19(12(10)21)7-2-3-8(14)9(15)4-7/h2-4,6,10H,5H2,1H3/t10-/m1/s1. The van der Waals surface area contributed by atoms with Crippen molar-refractivity contribution in [1.82, 2.24) is 14.8 Å². The van der Waals surface area contributed by atoms with Crippen LogP contribution >= 0.6 is 11.8 Å². The maximum absolute atomic E-state index is 13.3. The number of hydrogen-bond donors (Lipinski definition) is 0. The van der Waals surface area contributed by atoms with Gasteiger partial charge >= 0.3 is 0 Å². The van der Waals surface area contributed by atoms with E-state index in [0.717, 1.165) is 28.8 Å². The van der Waals surface area contributed by atoms with E-state index in [0.29, 0.717) is 5.16 Å². The van der Waals surface area contributed by atoms with Gasteiger partial charge in [0.15, 0.2) is 16.8 Å². The van der Waals surface area contributed by atoms with Crippen molar-refractivity contribution in [3.05, 3.63) is 36.2 Å². The molecule has 0 saturated carbocycles. The minimum atomic E-state index is -1.11. The van der Waals surface area contributed by atoms with Crippen LogP contribution in [-0.2, 0) is 16.6 Å². The van der Waals surface area contributed by atoms with Gasteiger partial charge in [-0.3, -0.25) is 9.59 Å². The predicted octanol–water partition coefficient (Wildman–Crippen LogP) is 1.52. The lowest BCUT2D eigenvalue weighted by Gasteiger charge is -2.14. The number of carbonyl (C=O) groups is 2. The first-order valence-corrected chi connectivity index (χ1v) is 7.18. The third-order valence-corrected chi connectivity index (χ3v) is 4.42. The van der Waals surface area contributed by atoms with E-state index in [4.69, 9.17) is 0 Å². The second-order valence-corrected chi connectivity index (χ2v) is 5.87. The van der Waals surface area contributed by atoms with Gasteiger partial charge in [0.05, 0.1) is 5.69 Å². The molecule has 1 aliphatic rings. The quantitative estimate of drug-likeness (QED) is 0.801. The molecule has 6 nitrogen and oxygen atoms in total. The molecule has 1 aromatic carbocycles. The second-order valence-electron chi connectivity index (χ2n) is 4.70. The lowest BCUT2D eigenvalue weighted by atomic mass is 10.3. The Morgan fingerprint density at radius 3 is 2.68 bits per heavy atom. The van der Waals surface area contributed by atoms with Crippen molar-refractivity contribution >= 4 is 29.3 Å². The molecule has 0 N–H and O–H groups in total. The molecule has 0 spiro atoms. The van der Waals surface area contributed by atoms with Crippen molar-refractivity contribution in [2.24, 2.45) is 7.05 Å². The third kappa shape index (κ3) is 2.47. The maximum Gasteiger partial charge on any atom is 0.247 e. The number of imide groups is 1. The van der Waals surface area contributed by atoms with E-state index < -0.39 is 28.7 Å². The molecule has 0 unspecified atom stereocenters. The molecule has 114 valence electrons. The van der Waals surface area contributed by atoms with Crippen LogP contribution in [0, 0.1) is 11.6 Å². The van der Waals surface area contributed by atoms with Gasteiger partial charge < -0.3 is 4.57 Å². The van der Waals surface area contributed by atoms with Crippen molar-refractivity contribution in [2.75, 3.05) is 4.90 Å². The Balaban J connectivity index is 1.85. The number of aromatic nitrogens is 3. The molecular formula is C13H10F2N4O2S. The fourth-order valence-electron chi connectivity index (χ4n) is 2.10. The SMILES string of the molecule is Cn1cnnc1S[C@@H]1CC(=O)N(c2ccc(F)c(F)c2)C1=O. The topological polar surface area (TPSA) is 68.1 Å². The Hall–Kier alpha value is -2.29. The first-order valence-electron chi connectivity index (χ1n) is 6.30. The summed E-state index contributed by atoms with van der Waals surface area (Å²) in [6, 6.07) is 2.92. The van der Waals surface area contributed by atoms with Crippen LogP contribution in [0.3, 0.4) is 0 Å². The Morgan fingerprint density at radius 2 is 2.05 bits per heavy atom. The van der Waals surface area contributed by atoms with E-state index >= 15 is 0 Å². The van der Waals surface area contributed by atoms with Crippen molar-refractivity contribution < 1.29 is 18.4 Å². The van der Waals surface area contributed by atoms with E-state index in [1.54, 1.807) is 11.6 Å². The summed E-state index contributed by atoms with van der Waals surface area (Å²) in [6.45, 7) is 0. The largest absolute Gasteiger partial charge is 0.312 e. The van der Waals surface area contributed by atoms with E-state index in [1.165, 1.54) is 12.4 Å². The van der Waals surface area contributed by atoms with E-state index in [1.807, 2.05) is 0 Å². The van der Waals surface area contributed by atoms with Crippen molar-refractivity contribution in [1.29, 1.82) is 0 Å². The number of thioether (sulfide) groups is 1. The van der Waals surface area contributed by atoms with E-state index in [9.17, 15) is 18.4 Å². The van der Waals surface area contributed by atoms with Crippen LogP contribution in [0.5, 0.6) is 0 Å². The number of anilines is 1. The number of nitrogens with zero attached hydrogens (tertiary/aromatic N) is 4. The molecule has 0 radical (unpaired) electrons. The highest BCUT2D eigenvalue weighted by Gasteiger charge is 2.41. The monoisotopic (exact) mass is 324 g/mol. The highest BCUT2D eigenvalue weighted by molar-refractivity contribution is 8.00. The molecule has 9 heteroatoms. The van der Waals surface area contributed by atoms with Gasteiger partial charge in [-0.2, -0.15) is 0 Å². The van der Waals surface area contributed by atoms with Crippen molar-refractivity contribution in [2.45, 2.75) is 16.8 Å². The van der Waals surface area contributed by atoms with Gasteiger partial charge in [-0.05, 0) is 12.1 Å². The summed E-state index contributed by atoms with van der Waals surface area (Å²) in [4.78, 5) is 25.3. The van der Waals surface area contributed by atoms with Gasteiger partial charge in [0.25, 0.3) is 0 Å². The number of aryl methyl sites for hydroxylation is 1. The molecule has 0 bridgehead atoms. The molecule has 1 aliphatic heterocycles. The minimum Gasteiger partial charge on any atom is -0.312 e. The number of halogens is 2. The van der Waals surface area contributed by atoms with Gasteiger partial charge in [-0.1, -0.05) is 11.8 Å². The van der Waals surface area contributed by atoms with Gasteiger partial charge in [0.2, 0.25) is 11.8 Å². The number of rotatable bonds is 3. The maximum atomic E-state index is 13.3. The first kappa shape index (κ1) is 14.6. The summed E-state index contributed by atoms with van der Waals surface area (Å²) < 4.78 is 27.9. The van der Waals surface area contributed by atoms with Crippen LogP contribution in [0.25, 0.3) is 0 Å². The first-order chi connectivity index (χ1) is 10.5.